The third-order valence-corrected chi connectivity index (χ3v) is 1.59. The average molecular weight is 245 g/mol. The van der Waals surface area contributed by atoms with Gasteiger partial charge in [0.05, 0.1) is 0 Å². The van der Waals surface area contributed by atoms with Crippen molar-refractivity contribution in [2.75, 3.05) is 5.73 Å². The van der Waals surface area contributed by atoms with E-state index in [4.69, 9.17) is 25.3 Å². The van der Waals surface area contributed by atoms with Crippen LogP contribution >= 0.6 is 12.4 Å². The molecule has 0 aliphatic heterocycles. The summed E-state index contributed by atoms with van der Waals surface area (Å²) >= 11 is 0. The number of fused-ring (bicyclic) bond motifs is 1. The van der Waals surface area contributed by atoms with Crippen molar-refractivity contribution >= 4 is 36.9 Å². The summed E-state index contributed by atoms with van der Waals surface area (Å²) in [4.78, 5) is 4.00. The number of nitrogen functional groups attached to an aromatic ring is 1. The molecule has 2 rings (SSSR count). The molecule has 0 amide bonds. The van der Waals surface area contributed by atoms with Crippen molar-refractivity contribution in [2.24, 2.45) is 0 Å². The van der Waals surface area contributed by atoms with Crippen molar-refractivity contribution in [3.8, 4) is 0 Å². The Kier molecular flexibility index (Phi) is 6.51. The van der Waals surface area contributed by atoms with Crippen molar-refractivity contribution in [1.82, 2.24) is 4.98 Å². The Morgan fingerprint density at radius 2 is 2.00 bits per heavy atom. The van der Waals surface area contributed by atoms with Crippen molar-refractivity contribution < 1.29 is 19.6 Å². The van der Waals surface area contributed by atoms with E-state index in [0.717, 1.165) is 0 Å². The highest BCUT2D eigenvalue weighted by Gasteiger charge is 2.03. The maximum absolute atomic E-state index is 8.72. The van der Waals surface area contributed by atoms with E-state index in [0.29, 0.717) is 22.7 Å². The van der Waals surface area contributed by atoms with Gasteiger partial charge in [0.15, 0.2) is 5.58 Å². The zero-order chi connectivity index (χ0) is 11.3. The van der Waals surface area contributed by atoms with E-state index in [2.05, 4.69) is 4.98 Å². The van der Waals surface area contributed by atoms with Gasteiger partial charge in [-0.1, -0.05) is 0 Å². The minimum Gasteiger partial charge on any atom is -0.438 e. The number of aliphatic hydroxyl groups excluding tert-OH is 1. The molecule has 5 N–H and O–H groups in total. The molecule has 1 radical (unpaired) electrons. The summed E-state index contributed by atoms with van der Waals surface area (Å²) in [5.74, 6) is 0.315. The van der Waals surface area contributed by atoms with Crippen LogP contribution in [0.15, 0.2) is 22.6 Å². The number of hydrogen-bond acceptors (Lipinski definition) is 6. The van der Waals surface area contributed by atoms with Crippen LogP contribution in [0.25, 0.3) is 11.1 Å². The molecule has 1 aromatic carbocycles. The van der Waals surface area contributed by atoms with E-state index in [1.54, 1.807) is 18.2 Å². The summed E-state index contributed by atoms with van der Waals surface area (Å²) in [6.07, 6.45) is 0. The van der Waals surface area contributed by atoms with Gasteiger partial charge in [-0.15, -0.1) is 12.4 Å². The molecule has 0 spiro atoms. The van der Waals surface area contributed by atoms with E-state index in [9.17, 15) is 0 Å². The number of rotatable bonds is 1. The predicted molar refractivity (Wildman–Crippen MR) is 61.8 cm³/mol. The standard InChI is InChI=1S/C8H8N2O2.BH2O2.ClH/c9-5-1-2-7-6(3-5)10-8(4-11)12-7;2-1-3;/h1-3,11H,4,9H2;2-3H;1H. The molecular formula is C8H11BClN2O4. The number of hydrogen-bond donors (Lipinski definition) is 4. The highest BCUT2D eigenvalue weighted by molar-refractivity contribution is 6.13. The minimum atomic E-state index is -0.186. The SMILES string of the molecule is Cl.Nc1ccc2oc(CO)nc2c1.O[B]O. The molecule has 8 heteroatoms. The molecule has 0 aliphatic rings. The molecule has 87 valence electrons. The molecule has 0 saturated heterocycles. The van der Waals surface area contributed by atoms with Gasteiger partial charge < -0.3 is 25.3 Å². The largest absolute Gasteiger partial charge is 0.482 e. The van der Waals surface area contributed by atoms with E-state index in [-0.39, 0.29) is 26.7 Å². The van der Waals surface area contributed by atoms with Crippen LogP contribution in [0.5, 0.6) is 0 Å². The number of aliphatic hydroxyl groups is 1. The molecule has 0 aliphatic carbocycles. The lowest BCUT2D eigenvalue weighted by Crippen LogP contribution is -1.82. The highest BCUT2D eigenvalue weighted by atomic mass is 35.5. The third kappa shape index (κ3) is 3.71. The minimum absolute atomic E-state index is 0. The third-order valence-electron chi connectivity index (χ3n) is 1.59. The summed E-state index contributed by atoms with van der Waals surface area (Å²) in [6, 6.07) is 5.17. The zero-order valence-corrected chi connectivity index (χ0v) is 9.02. The molecule has 0 unspecified atom stereocenters. The van der Waals surface area contributed by atoms with Gasteiger partial charge in [0.25, 0.3) is 0 Å². The first-order valence-electron chi connectivity index (χ1n) is 4.07. The van der Waals surface area contributed by atoms with Crippen LogP contribution in [0.4, 0.5) is 5.69 Å². The number of halogens is 1. The smallest absolute Gasteiger partial charge is 0.438 e. The van der Waals surface area contributed by atoms with Crippen molar-refractivity contribution in [3.63, 3.8) is 0 Å². The second kappa shape index (κ2) is 7.07. The van der Waals surface area contributed by atoms with E-state index < -0.39 is 0 Å². The van der Waals surface area contributed by atoms with Crippen LogP contribution in [0.3, 0.4) is 0 Å². The van der Waals surface area contributed by atoms with E-state index in [1.165, 1.54) is 0 Å². The molecule has 0 saturated carbocycles. The number of oxazole rings is 1. The number of aromatic nitrogens is 1. The van der Waals surface area contributed by atoms with Gasteiger partial charge in [-0.2, -0.15) is 0 Å². The maximum Gasteiger partial charge on any atom is 0.482 e. The molecule has 0 bridgehead atoms. The highest BCUT2D eigenvalue weighted by Crippen LogP contribution is 2.17. The fraction of sp³-hybridized carbons (Fsp3) is 0.125. The zero-order valence-electron chi connectivity index (χ0n) is 8.20. The van der Waals surface area contributed by atoms with Gasteiger partial charge in [0.2, 0.25) is 5.89 Å². The van der Waals surface area contributed by atoms with Crippen molar-refractivity contribution in [2.45, 2.75) is 6.61 Å². The molecular weight excluding hydrogens is 234 g/mol. The maximum atomic E-state index is 8.72. The van der Waals surface area contributed by atoms with Crippen LogP contribution in [0.1, 0.15) is 5.89 Å². The van der Waals surface area contributed by atoms with Crippen LogP contribution in [0, 0.1) is 0 Å². The van der Waals surface area contributed by atoms with E-state index >= 15 is 0 Å². The molecule has 1 heterocycles. The fourth-order valence-corrected chi connectivity index (χ4v) is 1.06. The van der Waals surface area contributed by atoms with E-state index in [1.807, 2.05) is 0 Å². The average Bonchev–Trinajstić information content (AvgIpc) is 2.61. The molecule has 16 heavy (non-hydrogen) atoms. The quantitative estimate of drug-likeness (QED) is 0.410. The first kappa shape index (κ1) is 14.7. The Bertz CT molecular complexity index is 437. The molecule has 1 aromatic heterocycles. The summed E-state index contributed by atoms with van der Waals surface area (Å²) < 4.78 is 5.16. The number of nitrogens with two attached hydrogens (primary N) is 1. The van der Waals surface area contributed by atoms with Crippen LogP contribution in [-0.4, -0.2) is 27.8 Å². The van der Waals surface area contributed by atoms with Gasteiger partial charge >= 0.3 is 7.69 Å². The molecule has 0 fully saturated rings. The van der Waals surface area contributed by atoms with Gasteiger partial charge in [-0.3, -0.25) is 0 Å². The van der Waals surface area contributed by atoms with Crippen molar-refractivity contribution in [3.05, 3.63) is 24.1 Å². The van der Waals surface area contributed by atoms with Gasteiger partial charge in [-0.25, -0.2) is 4.98 Å². The van der Waals surface area contributed by atoms with Gasteiger partial charge in [0, 0.05) is 5.69 Å². The molecule has 0 atom stereocenters. The number of nitrogens with zero attached hydrogens (tertiary/aromatic N) is 1. The lowest BCUT2D eigenvalue weighted by Gasteiger charge is -1.88. The normalized spacial score (nSPS) is 8.94. The van der Waals surface area contributed by atoms with Crippen LogP contribution < -0.4 is 5.73 Å². The summed E-state index contributed by atoms with van der Waals surface area (Å²) in [7, 11) is 0. The second-order valence-corrected chi connectivity index (χ2v) is 2.61. The summed E-state index contributed by atoms with van der Waals surface area (Å²) in [5, 5.41) is 22.7. The number of anilines is 1. The predicted octanol–water partition coefficient (Wildman–Crippen LogP) is -0.171. The molecule has 6 nitrogen and oxygen atoms in total. The fourth-order valence-electron chi connectivity index (χ4n) is 1.06. The first-order valence-corrected chi connectivity index (χ1v) is 4.07. The van der Waals surface area contributed by atoms with Crippen molar-refractivity contribution in [1.29, 1.82) is 0 Å². The van der Waals surface area contributed by atoms with Crippen LogP contribution in [0.2, 0.25) is 0 Å². The summed E-state index contributed by atoms with van der Waals surface area (Å²) in [6.45, 7) is -0.186. The Balaban J connectivity index is 0.000000511. The molecule has 2 aromatic rings. The summed E-state index contributed by atoms with van der Waals surface area (Å²) in [5.41, 5.74) is 7.50. The lowest BCUT2D eigenvalue weighted by atomic mass is 10.3. The first-order chi connectivity index (χ1) is 7.21. The lowest BCUT2D eigenvalue weighted by molar-refractivity contribution is 0.244. The Morgan fingerprint density at radius 1 is 1.38 bits per heavy atom. The Hall–Kier alpha value is -1.28. The monoisotopic (exact) mass is 245 g/mol. The Labute approximate surface area is 98.4 Å². The van der Waals surface area contributed by atoms with Gasteiger partial charge in [0.1, 0.15) is 12.1 Å². The number of benzene rings is 1. The van der Waals surface area contributed by atoms with Gasteiger partial charge in [-0.05, 0) is 18.2 Å². The Morgan fingerprint density at radius 3 is 2.56 bits per heavy atom. The second-order valence-electron chi connectivity index (χ2n) is 2.61. The van der Waals surface area contributed by atoms with Crippen LogP contribution in [-0.2, 0) is 6.61 Å². The topological polar surface area (TPSA) is 113 Å².